The lowest BCUT2D eigenvalue weighted by Crippen LogP contribution is -2.12. The van der Waals surface area contributed by atoms with E-state index in [4.69, 9.17) is 9.47 Å². The van der Waals surface area contributed by atoms with E-state index < -0.39 is 0 Å². The molecule has 0 atom stereocenters. The van der Waals surface area contributed by atoms with Gasteiger partial charge in [-0.25, -0.2) is 9.37 Å². The maximum Gasteiger partial charge on any atom is 0.267 e. The minimum Gasteiger partial charge on any atom is -0.492 e. The molecular weight excluding hydrogens is 367 g/mol. The molecule has 1 aromatic heterocycles. The minimum absolute atomic E-state index is 0.208. The summed E-state index contributed by atoms with van der Waals surface area (Å²) < 4.78 is 24.1. The van der Waals surface area contributed by atoms with Crippen molar-refractivity contribution in [1.29, 1.82) is 0 Å². The second kappa shape index (κ2) is 8.64. The maximum atomic E-state index is 12.9. The molecule has 2 aromatic carbocycles. The van der Waals surface area contributed by atoms with Gasteiger partial charge in [0.2, 0.25) is 0 Å². The van der Waals surface area contributed by atoms with E-state index in [1.807, 2.05) is 19.1 Å². The number of hydrogen-bond acceptors (Lipinski definition) is 5. The third-order valence-corrected chi connectivity index (χ3v) is 4.79. The highest BCUT2D eigenvalue weighted by molar-refractivity contribution is 7.13. The molecule has 0 aliphatic heterocycles. The first-order chi connectivity index (χ1) is 13.1. The Morgan fingerprint density at radius 3 is 2.63 bits per heavy atom. The van der Waals surface area contributed by atoms with Crippen LogP contribution in [0.2, 0.25) is 0 Å². The Bertz CT molecular complexity index is 925. The summed E-state index contributed by atoms with van der Waals surface area (Å²) in [7, 11) is 0. The zero-order chi connectivity index (χ0) is 19.2. The summed E-state index contributed by atoms with van der Waals surface area (Å²) in [5.41, 5.74) is 1.24. The fourth-order valence-corrected chi connectivity index (χ4v) is 3.30. The monoisotopic (exact) mass is 386 g/mol. The van der Waals surface area contributed by atoms with Crippen LogP contribution in [0.1, 0.15) is 27.3 Å². The van der Waals surface area contributed by atoms with Crippen LogP contribution in [0.4, 0.5) is 10.1 Å². The van der Waals surface area contributed by atoms with Gasteiger partial charge in [0.05, 0.1) is 18.0 Å². The van der Waals surface area contributed by atoms with Gasteiger partial charge in [0.15, 0.2) is 0 Å². The van der Waals surface area contributed by atoms with Crippen molar-refractivity contribution in [2.75, 3.05) is 11.9 Å². The van der Waals surface area contributed by atoms with E-state index in [1.54, 1.807) is 31.2 Å². The molecule has 0 aliphatic carbocycles. The Labute approximate surface area is 160 Å². The third kappa shape index (κ3) is 4.83. The maximum absolute atomic E-state index is 12.9. The molecule has 140 valence electrons. The zero-order valence-corrected chi connectivity index (χ0v) is 15.8. The van der Waals surface area contributed by atoms with Crippen molar-refractivity contribution in [3.63, 3.8) is 0 Å². The second-order valence-electron chi connectivity index (χ2n) is 5.65. The Balaban J connectivity index is 1.68. The smallest absolute Gasteiger partial charge is 0.267 e. The lowest BCUT2D eigenvalue weighted by molar-refractivity contribution is 0.102. The van der Waals surface area contributed by atoms with E-state index in [0.717, 1.165) is 0 Å². The van der Waals surface area contributed by atoms with Gasteiger partial charge >= 0.3 is 0 Å². The number of halogens is 1. The number of nitrogens with one attached hydrogen (secondary N) is 1. The average molecular weight is 386 g/mol. The highest BCUT2D eigenvalue weighted by atomic mass is 32.1. The summed E-state index contributed by atoms with van der Waals surface area (Å²) >= 11 is 1.27. The molecule has 0 spiro atoms. The predicted octanol–water partition coefficient (Wildman–Crippen LogP) is 4.82. The fourth-order valence-electron chi connectivity index (χ4n) is 2.43. The summed E-state index contributed by atoms with van der Waals surface area (Å²) in [5.74, 6) is 0.597. The van der Waals surface area contributed by atoms with Crippen LogP contribution in [0.3, 0.4) is 0 Å². The number of amides is 1. The normalized spacial score (nSPS) is 10.5. The van der Waals surface area contributed by atoms with Crippen molar-refractivity contribution in [3.05, 3.63) is 69.9 Å². The molecule has 0 unspecified atom stereocenters. The number of carbonyl (C=O) groups is 1. The van der Waals surface area contributed by atoms with Gasteiger partial charge in [0, 0.05) is 0 Å². The summed E-state index contributed by atoms with van der Waals surface area (Å²) in [6.07, 6.45) is 0. The van der Waals surface area contributed by atoms with E-state index in [1.165, 1.54) is 23.5 Å². The van der Waals surface area contributed by atoms with Crippen LogP contribution in [0.15, 0.2) is 48.5 Å². The number of aryl methyl sites for hydroxylation is 1. The van der Waals surface area contributed by atoms with Gasteiger partial charge < -0.3 is 14.8 Å². The van der Waals surface area contributed by atoms with Crippen molar-refractivity contribution < 1.29 is 18.7 Å². The van der Waals surface area contributed by atoms with Crippen LogP contribution >= 0.6 is 11.3 Å². The summed E-state index contributed by atoms with van der Waals surface area (Å²) in [4.78, 5) is 17.5. The number of thiazole rings is 1. The molecule has 1 heterocycles. The van der Waals surface area contributed by atoms with Crippen LogP contribution in [0.25, 0.3) is 0 Å². The molecule has 0 aliphatic rings. The first-order valence-electron chi connectivity index (χ1n) is 8.44. The highest BCUT2D eigenvalue weighted by Gasteiger charge is 2.17. The van der Waals surface area contributed by atoms with Crippen LogP contribution in [-0.2, 0) is 6.61 Å². The van der Waals surface area contributed by atoms with Crippen LogP contribution in [0.5, 0.6) is 11.5 Å². The van der Waals surface area contributed by atoms with Crippen molar-refractivity contribution in [2.24, 2.45) is 0 Å². The molecular formula is C20H19FN2O3S. The van der Waals surface area contributed by atoms with Crippen molar-refractivity contribution in [3.8, 4) is 11.5 Å². The molecule has 0 fully saturated rings. The molecule has 0 radical (unpaired) electrons. The molecule has 1 N–H and O–H groups in total. The number of nitrogens with zero attached hydrogens (tertiary/aromatic N) is 1. The largest absolute Gasteiger partial charge is 0.492 e. The molecule has 5 nitrogen and oxygen atoms in total. The molecule has 3 aromatic rings. The molecule has 0 saturated carbocycles. The van der Waals surface area contributed by atoms with E-state index in [0.29, 0.717) is 39.4 Å². The number of ether oxygens (including phenoxy) is 2. The summed E-state index contributed by atoms with van der Waals surface area (Å²) in [5, 5.41) is 3.54. The standard InChI is InChI=1S/C20H19FN2O3S/c1-3-25-17-7-5-4-6-16(17)23-20(24)19-13(2)22-18(27-19)12-26-15-10-8-14(21)9-11-15/h4-11H,3,12H2,1-2H3,(H,23,24). The first kappa shape index (κ1) is 18.8. The van der Waals surface area contributed by atoms with Gasteiger partial charge in [0.1, 0.15) is 33.8 Å². The molecule has 1 amide bonds. The number of carbonyl (C=O) groups excluding carboxylic acids is 1. The van der Waals surface area contributed by atoms with Gasteiger partial charge in [0.25, 0.3) is 5.91 Å². The summed E-state index contributed by atoms with van der Waals surface area (Å²) in [6, 6.07) is 13.0. The predicted molar refractivity (Wildman–Crippen MR) is 103 cm³/mol. The van der Waals surface area contributed by atoms with Crippen molar-refractivity contribution in [1.82, 2.24) is 4.98 Å². The molecule has 7 heteroatoms. The molecule has 3 rings (SSSR count). The van der Waals surface area contributed by atoms with Crippen LogP contribution < -0.4 is 14.8 Å². The van der Waals surface area contributed by atoms with Gasteiger partial charge in [-0.2, -0.15) is 0 Å². The molecule has 27 heavy (non-hydrogen) atoms. The van der Waals surface area contributed by atoms with E-state index in [-0.39, 0.29) is 18.3 Å². The lowest BCUT2D eigenvalue weighted by Gasteiger charge is -2.10. The van der Waals surface area contributed by atoms with Gasteiger partial charge in [-0.3, -0.25) is 4.79 Å². The zero-order valence-electron chi connectivity index (χ0n) is 15.0. The fraction of sp³-hybridized carbons (Fsp3) is 0.200. The molecule has 0 bridgehead atoms. The number of anilines is 1. The molecule has 0 saturated heterocycles. The Hall–Kier alpha value is -2.93. The Morgan fingerprint density at radius 1 is 1.15 bits per heavy atom. The van der Waals surface area contributed by atoms with E-state index in [9.17, 15) is 9.18 Å². The average Bonchev–Trinajstić information content (AvgIpc) is 3.04. The SMILES string of the molecule is CCOc1ccccc1NC(=O)c1sc(COc2ccc(F)cc2)nc1C. The minimum atomic E-state index is -0.321. The van der Waals surface area contributed by atoms with Crippen LogP contribution in [0, 0.1) is 12.7 Å². The highest BCUT2D eigenvalue weighted by Crippen LogP contribution is 2.26. The number of rotatable bonds is 7. The Morgan fingerprint density at radius 2 is 1.89 bits per heavy atom. The third-order valence-electron chi connectivity index (χ3n) is 3.66. The van der Waals surface area contributed by atoms with Crippen molar-refractivity contribution >= 4 is 22.9 Å². The van der Waals surface area contributed by atoms with Gasteiger partial charge in [-0.1, -0.05) is 12.1 Å². The second-order valence-corrected chi connectivity index (χ2v) is 6.73. The first-order valence-corrected chi connectivity index (χ1v) is 9.26. The van der Waals surface area contributed by atoms with E-state index in [2.05, 4.69) is 10.3 Å². The van der Waals surface area contributed by atoms with Gasteiger partial charge in [-0.15, -0.1) is 11.3 Å². The van der Waals surface area contributed by atoms with Gasteiger partial charge in [-0.05, 0) is 50.2 Å². The number of hydrogen-bond donors (Lipinski definition) is 1. The number of benzene rings is 2. The quantitative estimate of drug-likeness (QED) is 0.632. The van der Waals surface area contributed by atoms with Crippen molar-refractivity contribution in [2.45, 2.75) is 20.5 Å². The lowest BCUT2D eigenvalue weighted by atomic mass is 10.2. The Kier molecular flexibility index (Phi) is 6.03. The van der Waals surface area contributed by atoms with Crippen LogP contribution in [-0.4, -0.2) is 17.5 Å². The number of para-hydroxylation sites is 2. The summed E-state index contributed by atoms with van der Waals surface area (Å²) in [6.45, 7) is 4.39. The number of aromatic nitrogens is 1. The topological polar surface area (TPSA) is 60.5 Å². The van der Waals surface area contributed by atoms with E-state index >= 15 is 0 Å².